The first-order valence-corrected chi connectivity index (χ1v) is 13.1. The molecule has 3 aromatic rings. The molecule has 0 heterocycles. The number of methoxy groups -OCH3 is 2. The Labute approximate surface area is 220 Å². The molecule has 38 heavy (non-hydrogen) atoms. The lowest BCUT2D eigenvalue weighted by atomic mass is 10.1. The largest absolute Gasteiger partial charge is 0.493 e. The van der Waals surface area contributed by atoms with Crippen molar-refractivity contribution >= 4 is 21.6 Å². The number of nitrogens with one attached hydrogen (secondary N) is 1. The molecule has 0 aliphatic rings. The number of halogens is 3. The summed E-state index contributed by atoms with van der Waals surface area (Å²) >= 11 is 0. The van der Waals surface area contributed by atoms with Crippen LogP contribution in [0.15, 0.2) is 71.6 Å². The highest BCUT2D eigenvalue weighted by Gasteiger charge is 2.33. The third-order valence-corrected chi connectivity index (χ3v) is 7.56. The SMILES string of the molecule is COc1ccc(CCCNC(=O)CN(c2cccc(C(F)(F)F)c2)S(=O)(=O)c2ccc(C)cc2)cc1OC. The highest BCUT2D eigenvalue weighted by Crippen LogP contribution is 2.33. The van der Waals surface area contributed by atoms with Gasteiger partial charge in [-0.3, -0.25) is 9.10 Å². The number of alkyl halides is 3. The Morgan fingerprint density at radius 3 is 2.26 bits per heavy atom. The number of ether oxygens (including phenoxy) is 2. The summed E-state index contributed by atoms with van der Waals surface area (Å²) in [6.07, 6.45) is -3.54. The van der Waals surface area contributed by atoms with Crippen LogP contribution in [0.4, 0.5) is 18.9 Å². The second kappa shape index (κ2) is 12.2. The minimum absolute atomic E-state index is 0.137. The van der Waals surface area contributed by atoms with Crippen LogP contribution < -0.4 is 19.1 Å². The summed E-state index contributed by atoms with van der Waals surface area (Å²) in [4.78, 5) is 12.6. The zero-order valence-electron chi connectivity index (χ0n) is 21.2. The van der Waals surface area contributed by atoms with Crippen LogP contribution in [0.3, 0.4) is 0 Å². The molecule has 3 aromatic carbocycles. The van der Waals surface area contributed by atoms with Crippen LogP contribution in [-0.4, -0.2) is 41.6 Å². The fourth-order valence-electron chi connectivity index (χ4n) is 3.73. The molecule has 0 fully saturated rings. The molecule has 204 valence electrons. The molecule has 1 amide bonds. The normalized spacial score (nSPS) is 11.6. The standard InChI is InChI=1S/C27H29F3N2O5S/c1-19-9-12-23(13-10-19)38(34,35)32(22-8-4-7-21(17-22)27(28,29)30)18-26(33)31-15-5-6-20-11-14-24(36-2)25(16-20)37-3/h4,7-14,16-17H,5-6,15,18H2,1-3H3,(H,31,33). The van der Waals surface area contributed by atoms with E-state index in [1.807, 2.05) is 12.1 Å². The van der Waals surface area contributed by atoms with Gasteiger partial charge in [0.15, 0.2) is 11.5 Å². The molecular weight excluding hydrogens is 521 g/mol. The third-order valence-electron chi connectivity index (χ3n) is 5.77. The van der Waals surface area contributed by atoms with Crippen LogP contribution in [0.5, 0.6) is 11.5 Å². The zero-order valence-corrected chi connectivity index (χ0v) is 22.0. The second-order valence-electron chi connectivity index (χ2n) is 8.52. The molecule has 0 aliphatic heterocycles. The Morgan fingerprint density at radius 2 is 1.63 bits per heavy atom. The van der Waals surface area contributed by atoms with Gasteiger partial charge in [-0.1, -0.05) is 29.8 Å². The Bertz CT molecular complexity index is 1360. The number of benzene rings is 3. The number of sulfonamides is 1. The van der Waals surface area contributed by atoms with Gasteiger partial charge in [0, 0.05) is 6.54 Å². The number of carbonyl (C=O) groups is 1. The van der Waals surface area contributed by atoms with Crippen molar-refractivity contribution in [2.24, 2.45) is 0 Å². The van der Waals surface area contributed by atoms with E-state index in [9.17, 15) is 26.4 Å². The van der Waals surface area contributed by atoms with Crippen LogP contribution in [0, 0.1) is 6.92 Å². The maximum absolute atomic E-state index is 13.4. The summed E-state index contributed by atoms with van der Waals surface area (Å²) in [6.45, 7) is 1.32. The summed E-state index contributed by atoms with van der Waals surface area (Å²) in [6, 6.07) is 15.2. The van der Waals surface area contributed by atoms with E-state index >= 15 is 0 Å². The van der Waals surface area contributed by atoms with Gasteiger partial charge in [-0.15, -0.1) is 0 Å². The summed E-state index contributed by atoms with van der Waals surface area (Å²) in [5.41, 5.74) is 0.474. The highest BCUT2D eigenvalue weighted by molar-refractivity contribution is 7.92. The molecule has 0 saturated carbocycles. The first-order valence-electron chi connectivity index (χ1n) is 11.7. The number of aryl methyl sites for hydroxylation is 2. The van der Waals surface area contributed by atoms with Gasteiger partial charge in [0.25, 0.3) is 10.0 Å². The number of rotatable bonds is 11. The number of anilines is 1. The van der Waals surface area contributed by atoms with Gasteiger partial charge < -0.3 is 14.8 Å². The van der Waals surface area contributed by atoms with Crippen molar-refractivity contribution in [3.8, 4) is 11.5 Å². The van der Waals surface area contributed by atoms with E-state index in [1.54, 1.807) is 25.1 Å². The lowest BCUT2D eigenvalue weighted by Gasteiger charge is -2.25. The average molecular weight is 551 g/mol. The number of hydrogen-bond acceptors (Lipinski definition) is 5. The highest BCUT2D eigenvalue weighted by atomic mass is 32.2. The Balaban J connectivity index is 1.75. The van der Waals surface area contributed by atoms with Gasteiger partial charge in [-0.2, -0.15) is 13.2 Å². The minimum atomic E-state index is -4.68. The molecule has 0 spiro atoms. The molecule has 1 N–H and O–H groups in total. The molecule has 0 unspecified atom stereocenters. The number of amides is 1. The first-order chi connectivity index (χ1) is 18.0. The summed E-state index contributed by atoms with van der Waals surface area (Å²) in [5.74, 6) is 0.520. The molecule has 0 atom stereocenters. The van der Waals surface area contributed by atoms with Crippen molar-refractivity contribution < 1.29 is 35.9 Å². The van der Waals surface area contributed by atoms with E-state index in [2.05, 4.69) is 5.32 Å². The van der Waals surface area contributed by atoms with E-state index in [0.717, 1.165) is 29.3 Å². The Hall–Kier alpha value is -3.73. The first kappa shape index (κ1) is 28.8. The van der Waals surface area contributed by atoms with Crippen LogP contribution in [0.2, 0.25) is 0 Å². The molecule has 0 radical (unpaired) electrons. The molecule has 3 rings (SSSR count). The van der Waals surface area contributed by atoms with E-state index in [-0.39, 0.29) is 17.1 Å². The van der Waals surface area contributed by atoms with E-state index in [1.165, 1.54) is 32.4 Å². The molecule has 0 saturated heterocycles. The maximum Gasteiger partial charge on any atom is 0.416 e. The Kier molecular flexibility index (Phi) is 9.26. The maximum atomic E-state index is 13.4. The van der Waals surface area contributed by atoms with Gasteiger partial charge in [-0.25, -0.2) is 8.42 Å². The number of hydrogen-bond donors (Lipinski definition) is 1. The predicted molar refractivity (Wildman–Crippen MR) is 138 cm³/mol. The van der Waals surface area contributed by atoms with Gasteiger partial charge >= 0.3 is 6.18 Å². The molecule has 7 nitrogen and oxygen atoms in total. The number of nitrogens with zero attached hydrogens (tertiary/aromatic N) is 1. The molecule has 11 heteroatoms. The predicted octanol–water partition coefficient (Wildman–Crippen LogP) is 4.98. The topological polar surface area (TPSA) is 84.9 Å². The van der Waals surface area contributed by atoms with Crippen molar-refractivity contribution in [2.75, 3.05) is 31.6 Å². The summed E-state index contributed by atoms with van der Waals surface area (Å²) < 4.78 is 78.0. The van der Waals surface area contributed by atoms with Crippen molar-refractivity contribution in [1.82, 2.24) is 5.32 Å². The fraction of sp³-hybridized carbons (Fsp3) is 0.296. The fourth-order valence-corrected chi connectivity index (χ4v) is 5.15. The number of carbonyl (C=O) groups excluding carboxylic acids is 1. The summed E-state index contributed by atoms with van der Waals surface area (Å²) in [5, 5.41) is 2.66. The van der Waals surface area contributed by atoms with Crippen molar-refractivity contribution in [1.29, 1.82) is 0 Å². The van der Waals surface area contributed by atoms with Crippen LogP contribution in [-0.2, 0) is 27.4 Å². The molecule has 0 aliphatic carbocycles. The van der Waals surface area contributed by atoms with E-state index in [4.69, 9.17) is 9.47 Å². The molecule has 0 aromatic heterocycles. The monoisotopic (exact) mass is 550 g/mol. The van der Waals surface area contributed by atoms with Gasteiger partial charge in [0.1, 0.15) is 6.54 Å². The smallest absolute Gasteiger partial charge is 0.416 e. The van der Waals surface area contributed by atoms with Crippen LogP contribution in [0.1, 0.15) is 23.1 Å². The second-order valence-corrected chi connectivity index (χ2v) is 10.4. The van der Waals surface area contributed by atoms with Gasteiger partial charge in [-0.05, 0) is 67.8 Å². The molecular formula is C27H29F3N2O5S. The van der Waals surface area contributed by atoms with Crippen LogP contribution >= 0.6 is 0 Å². The van der Waals surface area contributed by atoms with Crippen molar-refractivity contribution in [2.45, 2.75) is 30.8 Å². The zero-order chi connectivity index (χ0) is 27.9. The van der Waals surface area contributed by atoms with Gasteiger partial charge in [0.2, 0.25) is 5.91 Å². The summed E-state index contributed by atoms with van der Waals surface area (Å²) in [7, 11) is -1.27. The quantitative estimate of drug-likeness (QED) is 0.341. The average Bonchev–Trinajstić information content (AvgIpc) is 2.89. The van der Waals surface area contributed by atoms with Crippen LogP contribution in [0.25, 0.3) is 0 Å². The van der Waals surface area contributed by atoms with E-state index < -0.39 is 34.2 Å². The molecule has 0 bridgehead atoms. The van der Waals surface area contributed by atoms with Crippen molar-refractivity contribution in [3.63, 3.8) is 0 Å². The van der Waals surface area contributed by atoms with E-state index in [0.29, 0.717) is 28.6 Å². The minimum Gasteiger partial charge on any atom is -0.493 e. The third kappa shape index (κ3) is 7.18. The Morgan fingerprint density at radius 1 is 0.947 bits per heavy atom. The van der Waals surface area contributed by atoms with Crippen molar-refractivity contribution in [3.05, 3.63) is 83.4 Å². The lowest BCUT2D eigenvalue weighted by Crippen LogP contribution is -2.41. The van der Waals surface area contributed by atoms with Gasteiger partial charge in [0.05, 0.1) is 30.4 Å². The lowest BCUT2D eigenvalue weighted by molar-refractivity contribution is -0.137.